The van der Waals surface area contributed by atoms with Crippen molar-refractivity contribution in [3.8, 4) is 0 Å². The van der Waals surface area contributed by atoms with Gasteiger partial charge in [-0.15, -0.1) is 0 Å². The molecule has 1 aliphatic carbocycles. The highest BCUT2D eigenvalue weighted by atomic mass is 32.2. The molecule has 1 heterocycles. The number of sulfone groups is 1. The van der Waals surface area contributed by atoms with Gasteiger partial charge in [-0.3, -0.25) is 0 Å². The van der Waals surface area contributed by atoms with Gasteiger partial charge in [0.2, 0.25) is 0 Å². The molecule has 0 bridgehead atoms. The summed E-state index contributed by atoms with van der Waals surface area (Å²) in [6.45, 7) is 0. The first-order valence-corrected chi connectivity index (χ1v) is 9.30. The van der Waals surface area contributed by atoms with Crippen LogP contribution in [0.5, 0.6) is 0 Å². The number of rotatable bonds is 4. The third-order valence-corrected chi connectivity index (χ3v) is 7.29. The van der Waals surface area contributed by atoms with Gasteiger partial charge in [0.25, 0.3) is 0 Å². The lowest BCUT2D eigenvalue weighted by Crippen LogP contribution is -2.46. The maximum atomic E-state index is 12.3. The average Bonchev–Trinajstić information content (AvgIpc) is 2.41. The number of hydrogen-bond acceptors (Lipinski definition) is 3. The van der Waals surface area contributed by atoms with E-state index in [0.717, 1.165) is 32.1 Å². The van der Waals surface area contributed by atoms with Crippen LogP contribution in [-0.4, -0.2) is 32.5 Å². The normalized spacial score (nSPS) is 29.2. The van der Waals surface area contributed by atoms with E-state index >= 15 is 0 Å². The number of hydrogen-bond donors (Lipinski definition) is 1. The zero-order valence-corrected chi connectivity index (χ0v) is 12.8. The Morgan fingerprint density at radius 3 is 2.80 bits per heavy atom. The molecule has 3 unspecified atom stereocenters. The minimum absolute atomic E-state index is 0.0960. The van der Waals surface area contributed by atoms with Crippen LogP contribution in [-0.2, 0) is 16.3 Å². The van der Waals surface area contributed by atoms with Crippen LogP contribution in [0.15, 0.2) is 24.3 Å². The van der Waals surface area contributed by atoms with E-state index in [2.05, 4.69) is 29.6 Å². The minimum atomic E-state index is -2.90. The molecule has 20 heavy (non-hydrogen) atoms. The Balaban J connectivity index is 1.72. The monoisotopic (exact) mass is 293 g/mol. The van der Waals surface area contributed by atoms with Crippen LogP contribution in [0.3, 0.4) is 0 Å². The highest BCUT2D eigenvalue weighted by Gasteiger charge is 2.37. The second-order valence-corrected chi connectivity index (χ2v) is 8.47. The molecule has 0 saturated carbocycles. The number of nitrogens with one attached hydrogen (secondary N) is 1. The Morgan fingerprint density at radius 2 is 2.10 bits per heavy atom. The van der Waals surface area contributed by atoms with E-state index < -0.39 is 9.84 Å². The van der Waals surface area contributed by atoms with Crippen molar-refractivity contribution in [1.29, 1.82) is 0 Å². The smallest absolute Gasteiger partial charge is 0.154 e. The first-order chi connectivity index (χ1) is 9.62. The first kappa shape index (κ1) is 14.1. The fourth-order valence-electron chi connectivity index (χ4n) is 3.77. The fraction of sp³-hybridized carbons (Fsp3) is 0.625. The predicted octanol–water partition coefficient (Wildman–Crippen LogP) is 2.27. The summed E-state index contributed by atoms with van der Waals surface area (Å²) >= 11 is 0. The van der Waals surface area contributed by atoms with Crippen molar-refractivity contribution in [2.45, 2.75) is 49.3 Å². The van der Waals surface area contributed by atoms with Gasteiger partial charge in [-0.1, -0.05) is 30.7 Å². The zero-order valence-electron chi connectivity index (χ0n) is 12.0. The molecule has 0 spiro atoms. The lowest BCUT2D eigenvalue weighted by atomic mass is 9.74. The quantitative estimate of drug-likeness (QED) is 0.926. The van der Waals surface area contributed by atoms with E-state index in [9.17, 15) is 8.42 Å². The van der Waals surface area contributed by atoms with Crippen molar-refractivity contribution in [2.24, 2.45) is 0 Å². The van der Waals surface area contributed by atoms with E-state index in [-0.39, 0.29) is 11.3 Å². The van der Waals surface area contributed by atoms with Gasteiger partial charge in [0, 0.05) is 6.04 Å². The summed E-state index contributed by atoms with van der Waals surface area (Å²) < 4.78 is 24.6. The third-order valence-electron chi connectivity index (χ3n) is 4.95. The highest BCUT2D eigenvalue weighted by Crippen LogP contribution is 2.39. The van der Waals surface area contributed by atoms with Gasteiger partial charge in [0.15, 0.2) is 9.84 Å². The van der Waals surface area contributed by atoms with Crippen LogP contribution < -0.4 is 5.32 Å². The van der Waals surface area contributed by atoms with Crippen molar-refractivity contribution in [2.75, 3.05) is 12.8 Å². The molecule has 0 amide bonds. The Bertz CT molecular complexity index is 582. The summed E-state index contributed by atoms with van der Waals surface area (Å²) in [4.78, 5) is 0. The van der Waals surface area contributed by atoms with Gasteiger partial charge >= 0.3 is 0 Å². The summed E-state index contributed by atoms with van der Waals surface area (Å²) in [5.41, 5.74) is 2.85. The van der Waals surface area contributed by atoms with Crippen molar-refractivity contribution >= 4 is 9.84 Å². The molecule has 1 saturated heterocycles. The number of benzene rings is 1. The van der Waals surface area contributed by atoms with Crippen LogP contribution in [0, 0.1) is 0 Å². The number of fused-ring (bicyclic) bond motifs is 1. The second kappa shape index (κ2) is 5.49. The van der Waals surface area contributed by atoms with Crippen molar-refractivity contribution < 1.29 is 8.42 Å². The van der Waals surface area contributed by atoms with Gasteiger partial charge < -0.3 is 5.32 Å². The van der Waals surface area contributed by atoms with Gasteiger partial charge in [0.1, 0.15) is 0 Å². The van der Waals surface area contributed by atoms with E-state index in [0.29, 0.717) is 11.7 Å². The molecule has 2 aliphatic rings. The van der Waals surface area contributed by atoms with Gasteiger partial charge in [0.05, 0.1) is 11.0 Å². The molecule has 3 atom stereocenters. The Morgan fingerprint density at radius 1 is 1.30 bits per heavy atom. The van der Waals surface area contributed by atoms with E-state index in [1.807, 2.05) is 7.05 Å². The van der Waals surface area contributed by atoms with Crippen LogP contribution in [0.25, 0.3) is 0 Å². The molecule has 110 valence electrons. The lowest BCUT2D eigenvalue weighted by molar-refractivity contribution is 0.396. The molecule has 1 aromatic carbocycles. The van der Waals surface area contributed by atoms with E-state index in [1.165, 1.54) is 11.1 Å². The molecule has 1 N–H and O–H groups in total. The molecule has 0 radical (unpaired) electrons. The maximum Gasteiger partial charge on any atom is 0.154 e. The van der Waals surface area contributed by atoms with Crippen LogP contribution in [0.4, 0.5) is 0 Å². The largest absolute Gasteiger partial charge is 0.316 e. The molecule has 4 heteroatoms. The fourth-order valence-corrected chi connectivity index (χ4v) is 5.95. The van der Waals surface area contributed by atoms with Crippen molar-refractivity contribution in [3.63, 3.8) is 0 Å². The molecule has 3 nitrogen and oxygen atoms in total. The highest BCUT2D eigenvalue weighted by molar-refractivity contribution is 7.92. The minimum Gasteiger partial charge on any atom is -0.316 e. The summed E-state index contributed by atoms with van der Waals surface area (Å²) in [6.07, 6.45) is 4.74. The molecule has 3 rings (SSSR count). The molecular weight excluding hydrogens is 270 g/mol. The predicted molar refractivity (Wildman–Crippen MR) is 81.8 cm³/mol. The van der Waals surface area contributed by atoms with Crippen LogP contribution in [0.1, 0.15) is 42.7 Å². The van der Waals surface area contributed by atoms with Gasteiger partial charge in [-0.2, -0.15) is 0 Å². The third kappa shape index (κ3) is 2.51. The van der Waals surface area contributed by atoms with E-state index in [4.69, 9.17) is 0 Å². The molecule has 1 aliphatic heterocycles. The lowest BCUT2D eigenvalue weighted by Gasteiger charge is -2.36. The summed E-state index contributed by atoms with van der Waals surface area (Å²) in [7, 11) is -1.00. The first-order valence-electron chi connectivity index (χ1n) is 7.58. The van der Waals surface area contributed by atoms with Crippen LogP contribution in [0.2, 0.25) is 0 Å². The molecular formula is C16H23NO2S. The van der Waals surface area contributed by atoms with Crippen LogP contribution >= 0.6 is 0 Å². The maximum absolute atomic E-state index is 12.3. The Hall–Kier alpha value is -0.870. The average molecular weight is 293 g/mol. The molecule has 1 fully saturated rings. The standard InChI is InChI=1S/C16H23NO2S/c1-17-15(16-8-4-5-9-20(16,18)19)11-13-10-12-6-2-3-7-14(12)13/h2-3,6-7,13,15-17H,4-5,8-11H2,1H3. The SMILES string of the molecule is CNC(CC1Cc2ccccc21)C1CCCCS1(=O)=O. The summed E-state index contributed by atoms with van der Waals surface area (Å²) in [5.74, 6) is 0.901. The zero-order chi connectivity index (χ0) is 14.2. The van der Waals surface area contributed by atoms with Gasteiger partial charge in [-0.25, -0.2) is 8.42 Å². The topological polar surface area (TPSA) is 46.2 Å². The van der Waals surface area contributed by atoms with Crippen molar-refractivity contribution in [1.82, 2.24) is 5.32 Å². The second-order valence-electron chi connectivity index (χ2n) is 6.13. The Labute approximate surface area is 121 Å². The summed E-state index contributed by atoms with van der Waals surface area (Å²) in [5, 5.41) is 3.09. The molecule has 0 aromatic heterocycles. The summed E-state index contributed by atoms with van der Waals surface area (Å²) in [6, 6.07) is 8.62. The van der Waals surface area contributed by atoms with Crippen molar-refractivity contribution in [3.05, 3.63) is 35.4 Å². The molecule has 1 aromatic rings. The van der Waals surface area contributed by atoms with E-state index in [1.54, 1.807) is 0 Å². The van der Waals surface area contributed by atoms with Gasteiger partial charge in [-0.05, 0) is 49.8 Å². The Kier molecular flexibility index (Phi) is 3.87.